The van der Waals surface area contributed by atoms with Crippen LogP contribution >= 0.6 is 11.8 Å². The normalized spacial score (nSPS) is 12.3. The van der Waals surface area contributed by atoms with Gasteiger partial charge in [0.2, 0.25) is 11.8 Å². The first-order chi connectivity index (χ1) is 15.0. The number of methoxy groups -OCH3 is 1. The summed E-state index contributed by atoms with van der Waals surface area (Å²) in [4.78, 5) is 20.5. The minimum atomic E-state index is -0.224. The molecule has 31 heavy (non-hydrogen) atoms. The van der Waals surface area contributed by atoms with Gasteiger partial charge in [-0.05, 0) is 42.3 Å². The Morgan fingerprint density at radius 2 is 1.94 bits per heavy atom. The third-order valence-corrected chi connectivity index (χ3v) is 5.57. The van der Waals surface area contributed by atoms with E-state index in [4.69, 9.17) is 9.15 Å². The summed E-state index contributed by atoms with van der Waals surface area (Å²) in [6.07, 6.45) is 0. The summed E-state index contributed by atoms with van der Waals surface area (Å²) in [7, 11) is 1.61. The number of hydrogen-bond acceptors (Lipinski definition) is 7. The molecule has 0 aliphatic rings. The number of carbonyl (C=O) groups excluding carboxylic acids is 1. The number of nitrogens with zero attached hydrogens (tertiary/aromatic N) is 3. The first-order valence-corrected chi connectivity index (χ1v) is 10.9. The molecule has 2 aromatic heterocycles. The molecular weight excluding hydrogens is 414 g/mol. The number of carbonyl (C=O) groups is 1. The van der Waals surface area contributed by atoms with Gasteiger partial charge in [0.25, 0.3) is 5.22 Å². The number of ether oxygens (including phenoxy) is 1. The second-order valence-corrected chi connectivity index (χ2v) is 8.25. The van der Waals surface area contributed by atoms with Gasteiger partial charge in [0.05, 0.1) is 29.9 Å². The van der Waals surface area contributed by atoms with Gasteiger partial charge < -0.3 is 19.5 Å². The fourth-order valence-corrected chi connectivity index (χ4v) is 3.71. The van der Waals surface area contributed by atoms with E-state index in [2.05, 4.69) is 25.5 Å². The van der Waals surface area contributed by atoms with Crippen LogP contribution in [0.3, 0.4) is 0 Å². The Kier molecular flexibility index (Phi) is 6.22. The molecule has 0 bridgehead atoms. The Morgan fingerprint density at radius 3 is 2.65 bits per heavy atom. The van der Waals surface area contributed by atoms with Crippen LogP contribution in [0.4, 0.5) is 0 Å². The highest BCUT2D eigenvalue weighted by atomic mass is 32.2. The van der Waals surface area contributed by atoms with Crippen molar-refractivity contribution in [1.82, 2.24) is 25.5 Å². The molecule has 0 saturated heterocycles. The van der Waals surface area contributed by atoms with E-state index < -0.39 is 0 Å². The second kappa shape index (κ2) is 9.22. The van der Waals surface area contributed by atoms with E-state index >= 15 is 0 Å². The standard InChI is InChI=1S/C22H23N5O3S/c1-13(2)19(20-23-16-6-4-5-7-17(16)24-20)25-18(28)12-31-22-27-26-21(30-22)14-8-10-15(29-3)11-9-14/h4-11,13,19H,12H2,1-3H3,(H,23,24)(H,25,28). The molecule has 0 radical (unpaired) electrons. The van der Waals surface area contributed by atoms with Crippen molar-refractivity contribution >= 4 is 28.7 Å². The Morgan fingerprint density at radius 1 is 1.16 bits per heavy atom. The summed E-state index contributed by atoms with van der Waals surface area (Å²) in [5.74, 6) is 2.09. The van der Waals surface area contributed by atoms with Crippen LogP contribution in [0.1, 0.15) is 25.7 Å². The number of nitrogens with one attached hydrogen (secondary N) is 2. The predicted molar refractivity (Wildman–Crippen MR) is 119 cm³/mol. The van der Waals surface area contributed by atoms with Gasteiger partial charge in [0.15, 0.2) is 0 Å². The zero-order valence-corrected chi connectivity index (χ0v) is 18.3. The van der Waals surface area contributed by atoms with Crippen LogP contribution in [-0.4, -0.2) is 38.9 Å². The second-order valence-electron chi connectivity index (χ2n) is 7.32. The van der Waals surface area contributed by atoms with E-state index in [1.54, 1.807) is 7.11 Å². The van der Waals surface area contributed by atoms with Crippen LogP contribution in [0, 0.1) is 5.92 Å². The molecule has 9 heteroatoms. The molecule has 1 atom stereocenters. The number of aromatic amines is 1. The number of rotatable bonds is 8. The van der Waals surface area contributed by atoms with Gasteiger partial charge in [-0.15, -0.1) is 10.2 Å². The van der Waals surface area contributed by atoms with Gasteiger partial charge in [-0.3, -0.25) is 4.79 Å². The molecule has 160 valence electrons. The van der Waals surface area contributed by atoms with Crippen molar-refractivity contribution in [3.8, 4) is 17.2 Å². The maximum absolute atomic E-state index is 12.6. The molecule has 4 rings (SSSR count). The molecule has 2 N–H and O–H groups in total. The zero-order chi connectivity index (χ0) is 21.8. The van der Waals surface area contributed by atoms with Crippen molar-refractivity contribution in [3.63, 3.8) is 0 Å². The minimum Gasteiger partial charge on any atom is -0.497 e. The smallest absolute Gasteiger partial charge is 0.277 e. The van der Waals surface area contributed by atoms with Crippen molar-refractivity contribution in [2.24, 2.45) is 5.92 Å². The van der Waals surface area contributed by atoms with Crippen LogP contribution in [-0.2, 0) is 4.79 Å². The summed E-state index contributed by atoms with van der Waals surface area (Å²) < 4.78 is 10.8. The number of aromatic nitrogens is 4. The maximum Gasteiger partial charge on any atom is 0.277 e. The lowest BCUT2D eigenvalue weighted by atomic mass is 10.0. The lowest BCUT2D eigenvalue weighted by Crippen LogP contribution is -2.33. The Bertz CT molecular complexity index is 1140. The first-order valence-electron chi connectivity index (χ1n) is 9.88. The molecule has 1 unspecified atom stereocenters. The van der Waals surface area contributed by atoms with Crippen molar-refractivity contribution in [2.75, 3.05) is 12.9 Å². The number of H-pyrrole nitrogens is 1. The Labute approximate surface area is 183 Å². The Hall–Kier alpha value is -3.33. The summed E-state index contributed by atoms with van der Waals surface area (Å²) in [5.41, 5.74) is 2.61. The quantitative estimate of drug-likeness (QED) is 0.397. The molecule has 4 aromatic rings. The number of para-hydroxylation sites is 2. The first kappa shape index (κ1) is 20.9. The number of hydrogen-bond donors (Lipinski definition) is 2. The fourth-order valence-electron chi connectivity index (χ4n) is 3.13. The Balaban J connectivity index is 1.38. The zero-order valence-electron chi connectivity index (χ0n) is 17.5. The number of amides is 1. The molecule has 8 nitrogen and oxygen atoms in total. The third-order valence-electron chi connectivity index (χ3n) is 4.76. The van der Waals surface area contributed by atoms with Crippen molar-refractivity contribution in [1.29, 1.82) is 0 Å². The fraction of sp³-hybridized carbons (Fsp3) is 0.273. The summed E-state index contributed by atoms with van der Waals surface area (Å²) in [5, 5.41) is 11.5. The van der Waals surface area contributed by atoms with Crippen molar-refractivity contribution in [3.05, 3.63) is 54.4 Å². The average molecular weight is 438 g/mol. The highest BCUT2D eigenvalue weighted by Crippen LogP contribution is 2.26. The van der Waals surface area contributed by atoms with Gasteiger partial charge in [-0.1, -0.05) is 37.7 Å². The van der Waals surface area contributed by atoms with Gasteiger partial charge in [0, 0.05) is 5.56 Å². The van der Waals surface area contributed by atoms with E-state index in [9.17, 15) is 4.79 Å². The summed E-state index contributed by atoms with van der Waals surface area (Å²) >= 11 is 1.20. The molecule has 0 spiro atoms. The highest BCUT2D eigenvalue weighted by molar-refractivity contribution is 7.99. The summed E-state index contributed by atoms with van der Waals surface area (Å²) in [6.45, 7) is 4.09. The van der Waals surface area contributed by atoms with E-state index in [0.29, 0.717) is 11.1 Å². The highest BCUT2D eigenvalue weighted by Gasteiger charge is 2.22. The van der Waals surface area contributed by atoms with E-state index in [1.807, 2.05) is 62.4 Å². The van der Waals surface area contributed by atoms with E-state index in [1.165, 1.54) is 11.8 Å². The predicted octanol–water partition coefficient (Wildman–Crippen LogP) is 4.23. The molecular formula is C22H23N5O3S. The number of thioether (sulfide) groups is 1. The largest absolute Gasteiger partial charge is 0.497 e. The maximum atomic E-state index is 12.6. The van der Waals surface area contributed by atoms with Gasteiger partial charge in [0.1, 0.15) is 11.6 Å². The molecule has 0 fully saturated rings. The number of imidazole rings is 1. The van der Waals surface area contributed by atoms with Crippen molar-refractivity contribution in [2.45, 2.75) is 25.1 Å². The molecule has 0 aliphatic carbocycles. The molecule has 2 aromatic carbocycles. The minimum absolute atomic E-state index is 0.131. The topological polar surface area (TPSA) is 106 Å². The van der Waals surface area contributed by atoms with Crippen LogP contribution in [0.5, 0.6) is 5.75 Å². The molecule has 0 aliphatic heterocycles. The summed E-state index contributed by atoms with van der Waals surface area (Å²) in [6, 6.07) is 14.9. The molecule has 0 saturated carbocycles. The van der Waals surface area contributed by atoms with Gasteiger partial charge in [-0.25, -0.2) is 4.98 Å². The number of benzene rings is 2. The van der Waals surface area contributed by atoms with E-state index in [0.717, 1.165) is 28.2 Å². The van der Waals surface area contributed by atoms with E-state index in [-0.39, 0.29) is 23.6 Å². The van der Waals surface area contributed by atoms with Gasteiger partial charge >= 0.3 is 0 Å². The van der Waals surface area contributed by atoms with Crippen LogP contribution in [0.15, 0.2) is 58.2 Å². The monoisotopic (exact) mass is 437 g/mol. The lowest BCUT2D eigenvalue weighted by Gasteiger charge is -2.20. The van der Waals surface area contributed by atoms with Gasteiger partial charge in [-0.2, -0.15) is 0 Å². The average Bonchev–Trinajstić information content (AvgIpc) is 3.43. The third kappa shape index (κ3) is 4.88. The van der Waals surface area contributed by atoms with Crippen LogP contribution in [0.2, 0.25) is 0 Å². The lowest BCUT2D eigenvalue weighted by molar-refractivity contribution is -0.119. The SMILES string of the molecule is COc1ccc(-c2nnc(SCC(=O)NC(c3nc4ccccc4[nH]3)C(C)C)o2)cc1. The van der Waals surface area contributed by atoms with Crippen molar-refractivity contribution < 1.29 is 13.9 Å². The van der Waals surface area contributed by atoms with Crippen LogP contribution < -0.4 is 10.1 Å². The molecule has 1 amide bonds. The number of fused-ring (bicyclic) bond motifs is 1. The van der Waals surface area contributed by atoms with Crippen LogP contribution in [0.25, 0.3) is 22.5 Å². The molecule has 2 heterocycles.